The highest BCUT2D eigenvalue weighted by molar-refractivity contribution is 5.86. The summed E-state index contributed by atoms with van der Waals surface area (Å²) < 4.78 is 5.07. The first-order valence-electron chi connectivity index (χ1n) is 7.07. The van der Waals surface area contributed by atoms with E-state index in [1.54, 1.807) is 24.2 Å². The van der Waals surface area contributed by atoms with Gasteiger partial charge < -0.3 is 9.64 Å². The Morgan fingerprint density at radius 1 is 1.45 bits per heavy atom. The minimum Gasteiger partial charge on any atom is -0.464 e. The van der Waals surface area contributed by atoms with Gasteiger partial charge in [0.2, 0.25) is 5.91 Å². The Kier molecular flexibility index (Phi) is 5.09. The van der Waals surface area contributed by atoms with E-state index in [0.29, 0.717) is 19.6 Å². The van der Waals surface area contributed by atoms with E-state index in [1.807, 2.05) is 12.1 Å². The number of likely N-dealkylation sites (tertiary alicyclic amines) is 1. The third-order valence-corrected chi connectivity index (χ3v) is 3.46. The predicted molar refractivity (Wildman–Crippen MR) is 73.9 cm³/mol. The summed E-state index contributed by atoms with van der Waals surface area (Å²) >= 11 is 0. The Labute approximate surface area is 118 Å². The molecule has 5 heteroatoms. The van der Waals surface area contributed by atoms with Crippen LogP contribution < -0.4 is 0 Å². The van der Waals surface area contributed by atoms with Crippen LogP contribution in [0.3, 0.4) is 0 Å². The average molecular weight is 276 g/mol. The smallest absolute Gasteiger partial charge is 0.328 e. The molecule has 1 aliphatic heterocycles. The number of pyridine rings is 1. The van der Waals surface area contributed by atoms with Crippen molar-refractivity contribution in [1.29, 1.82) is 0 Å². The second kappa shape index (κ2) is 7.03. The first-order valence-corrected chi connectivity index (χ1v) is 7.07. The van der Waals surface area contributed by atoms with Crippen molar-refractivity contribution in [3.63, 3.8) is 0 Å². The van der Waals surface area contributed by atoms with Crippen molar-refractivity contribution in [2.24, 2.45) is 0 Å². The Balaban J connectivity index is 2.03. The molecule has 0 bridgehead atoms. The lowest BCUT2D eigenvalue weighted by Gasteiger charge is -2.34. The summed E-state index contributed by atoms with van der Waals surface area (Å²) in [5, 5.41) is 0. The molecule has 0 unspecified atom stereocenters. The number of hydrogen-bond acceptors (Lipinski definition) is 4. The maximum absolute atomic E-state index is 12.4. The summed E-state index contributed by atoms with van der Waals surface area (Å²) in [6.07, 6.45) is 6.23. The Hall–Kier alpha value is -1.91. The quantitative estimate of drug-likeness (QED) is 0.783. The molecule has 2 rings (SSSR count). The minimum absolute atomic E-state index is 0.0317. The summed E-state index contributed by atoms with van der Waals surface area (Å²) in [6, 6.07) is 3.25. The van der Waals surface area contributed by atoms with E-state index in [2.05, 4.69) is 4.98 Å². The van der Waals surface area contributed by atoms with Gasteiger partial charge in [-0.1, -0.05) is 6.07 Å². The van der Waals surface area contributed by atoms with Crippen LogP contribution in [-0.4, -0.2) is 41.0 Å². The molecule has 0 aliphatic carbocycles. The molecule has 5 nitrogen and oxygen atoms in total. The van der Waals surface area contributed by atoms with Gasteiger partial charge in [-0.05, 0) is 37.8 Å². The molecule has 0 N–H and O–H groups in total. The van der Waals surface area contributed by atoms with Gasteiger partial charge in [-0.25, -0.2) is 4.79 Å². The van der Waals surface area contributed by atoms with Crippen molar-refractivity contribution in [2.75, 3.05) is 13.2 Å². The number of carbonyl (C=O) groups is 2. The number of rotatable bonds is 4. The van der Waals surface area contributed by atoms with Crippen molar-refractivity contribution in [2.45, 2.75) is 38.6 Å². The summed E-state index contributed by atoms with van der Waals surface area (Å²) in [7, 11) is 0. The Morgan fingerprint density at radius 2 is 2.30 bits per heavy atom. The van der Waals surface area contributed by atoms with E-state index in [0.717, 1.165) is 18.4 Å². The van der Waals surface area contributed by atoms with Crippen LogP contribution in [0.4, 0.5) is 0 Å². The van der Waals surface area contributed by atoms with Gasteiger partial charge in [0.05, 0.1) is 13.0 Å². The van der Waals surface area contributed by atoms with E-state index in [9.17, 15) is 9.59 Å². The van der Waals surface area contributed by atoms with E-state index in [-0.39, 0.29) is 18.3 Å². The molecule has 1 saturated heterocycles. The highest BCUT2D eigenvalue weighted by Crippen LogP contribution is 2.19. The molecule has 0 radical (unpaired) electrons. The number of ether oxygens (including phenoxy) is 1. The average Bonchev–Trinajstić information content (AvgIpc) is 2.48. The number of piperidine rings is 1. The van der Waals surface area contributed by atoms with Crippen LogP contribution in [0.1, 0.15) is 31.7 Å². The van der Waals surface area contributed by atoms with Crippen LogP contribution >= 0.6 is 0 Å². The van der Waals surface area contributed by atoms with Gasteiger partial charge in [0.15, 0.2) is 0 Å². The number of carbonyl (C=O) groups excluding carboxylic acids is 2. The predicted octanol–water partition coefficient (Wildman–Crippen LogP) is 1.57. The fourth-order valence-electron chi connectivity index (χ4n) is 2.49. The van der Waals surface area contributed by atoms with E-state index < -0.39 is 6.04 Å². The summed E-state index contributed by atoms with van der Waals surface area (Å²) in [5.41, 5.74) is 0.866. The Morgan fingerprint density at radius 3 is 3.00 bits per heavy atom. The SMILES string of the molecule is CCOC(=O)[C@H]1CCCCN1C(=O)Cc1cccnc1. The normalized spacial score (nSPS) is 18.6. The van der Waals surface area contributed by atoms with Crippen LogP contribution in [0, 0.1) is 0 Å². The first-order chi connectivity index (χ1) is 9.72. The second-order valence-electron chi connectivity index (χ2n) is 4.89. The van der Waals surface area contributed by atoms with Crippen molar-refractivity contribution >= 4 is 11.9 Å². The molecule has 1 aromatic heterocycles. The van der Waals surface area contributed by atoms with Crippen molar-refractivity contribution < 1.29 is 14.3 Å². The first kappa shape index (κ1) is 14.5. The molecule has 1 amide bonds. The minimum atomic E-state index is -0.423. The molecular weight excluding hydrogens is 256 g/mol. The molecule has 1 atom stereocenters. The second-order valence-corrected chi connectivity index (χ2v) is 4.89. The molecule has 1 aliphatic rings. The maximum Gasteiger partial charge on any atom is 0.328 e. The van der Waals surface area contributed by atoms with Crippen molar-refractivity contribution in [3.8, 4) is 0 Å². The van der Waals surface area contributed by atoms with Gasteiger partial charge in [0.25, 0.3) is 0 Å². The zero-order valence-corrected chi connectivity index (χ0v) is 11.7. The van der Waals surface area contributed by atoms with E-state index in [1.165, 1.54) is 0 Å². The van der Waals surface area contributed by atoms with Crippen LogP contribution in [0.2, 0.25) is 0 Å². The number of esters is 1. The highest BCUT2D eigenvalue weighted by atomic mass is 16.5. The number of amides is 1. The number of hydrogen-bond donors (Lipinski definition) is 0. The van der Waals surface area contributed by atoms with E-state index in [4.69, 9.17) is 4.74 Å². The molecule has 0 spiro atoms. The fraction of sp³-hybridized carbons (Fsp3) is 0.533. The highest BCUT2D eigenvalue weighted by Gasteiger charge is 2.32. The molecule has 0 saturated carbocycles. The number of nitrogens with zero attached hydrogens (tertiary/aromatic N) is 2. The van der Waals surface area contributed by atoms with Gasteiger partial charge in [-0.15, -0.1) is 0 Å². The standard InChI is InChI=1S/C15H20N2O3/c1-2-20-15(19)13-7-3-4-9-17(13)14(18)10-12-6-5-8-16-11-12/h5-6,8,11,13H,2-4,7,9-10H2,1H3/t13-/m1/s1. The van der Waals surface area contributed by atoms with Gasteiger partial charge >= 0.3 is 5.97 Å². The zero-order valence-electron chi connectivity index (χ0n) is 11.7. The van der Waals surface area contributed by atoms with Crippen LogP contribution in [0.15, 0.2) is 24.5 Å². The van der Waals surface area contributed by atoms with Crippen LogP contribution in [-0.2, 0) is 20.7 Å². The van der Waals surface area contributed by atoms with Crippen LogP contribution in [0.25, 0.3) is 0 Å². The molecule has 2 heterocycles. The van der Waals surface area contributed by atoms with Crippen LogP contribution in [0.5, 0.6) is 0 Å². The zero-order chi connectivity index (χ0) is 14.4. The lowest BCUT2D eigenvalue weighted by atomic mass is 10.0. The summed E-state index contributed by atoms with van der Waals surface area (Å²) in [6.45, 7) is 2.76. The molecular formula is C15H20N2O3. The van der Waals surface area contributed by atoms with Gasteiger partial charge in [-0.2, -0.15) is 0 Å². The monoisotopic (exact) mass is 276 g/mol. The molecule has 108 valence electrons. The topological polar surface area (TPSA) is 59.5 Å². The largest absolute Gasteiger partial charge is 0.464 e. The van der Waals surface area contributed by atoms with Gasteiger partial charge in [-0.3, -0.25) is 9.78 Å². The molecule has 0 aromatic carbocycles. The van der Waals surface area contributed by atoms with Crippen molar-refractivity contribution in [3.05, 3.63) is 30.1 Å². The third kappa shape index (κ3) is 3.56. The fourth-order valence-corrected chi connectivity index (χ4v) is 2.49. The van der Waals surface area contributed by atoms with Gasteiger partial charge in [0, 0.05) is 18.9 Å². The summed E-state index contributed by atoms with van der Waals surface area (Å²) in [4.78, 5) is 30.0. The molecule has 1 aromatic rings. The molecule has 1 fully saturated rings. The van der Waals surface area contributed by atoms with Crippen molar-refractivity contribution in [1.82, 2.24) is 9.88 Å². The number of aromatic nitrogens is 1. The maximum atomic E-state index is 12.4. The third-order valence-electron chi connectivity index (χ3n) is 3.46. The van der Waals surface area contributed by atoms with E-state index >= 15 is 0 Å². The molecule has 20 heavy (non-hydrogen) atoms. The summed E-state index contributed by atoms with van der Waals surface area (Å²) in [5.74, 6) is -0.317. The lowest BCUT2D eigenvalue weighted by Crippen LogP contribution is -2.49. The lowest BCUT2D eigenvalue weighted by molar-refractivity contribution is -0.156. The Bertz CT molecular complexity index is 461. The van der Waals surface area contributed by atoms with Gasteiger partial charge in [0.1, 0.15) is 6.04 Å².